The third-order valence-electron chi connectivity index (χ3n) is 4.06. The lowest BCUT2D eigenvalue weighted by molar-refractivity contribution is -0.138. The molecule has 1 heterocycles. The highest BCUT2D eigenvalue weighted by Crippen LogP contribution is 2.36. The highest BCUT2D eigenvalue weighted by atomic mass is 19.4. The maximum Gasteiger partial charge on any atom is 0.416 e. The molecule has 2 aromatic carbocycles. The second kappa shape index (κ2) is 7.21. The fourth-order valence-electron chi connectivity index (χ4n) is 2.68. The summed E-state index contributed by atoms with van der Waals surface area (Å²) in [5, 5.41) is 0. The lowest BCUT2D eigenvalue weighted by Crippen LogP contribution is -2.39. The molecular formula is C18H9F5N2O5. The number of anilines is 1. The molecule has 3 rings (SSSR count). The molecule has 1 aliphatic rings. The van der Waals surface area contributed by atoms with Crippen LogP contribution in [-0.2, 0) is 15.8 Å². The Bertz CT molecular complexity index is 1080. The number of methoxy groups -OCH3 is 1. The smallest absolute Gasteiger partial charge is 0.416 e. The third kappa shape index (κ3) is 3.36. The Hall–Kier alpha value is -3.83. The van der Waals surface area contributed by atoms with Crippen molar-refractivity contribution >= 4 is 29.4 Å². The Morgan fingerprint density at radius 2 is 1.57 bits per heavy atom. The molecule has 1 saturated heterocycles. The highest BCUT2D eigenvalue weighted by molar-refractivity contribution is 6.56. The van der Waals surface area contributed by atoms with Crippen molar-refractivity contribution in [1.29, 1.82) is 0 Å². The molecule has 0 radical (unpaired) electrons. The molecule has 1 aliphatic heterocycles. The normalized spacial score (nSPS) is 14.5. The van der Waals surface area contributed by atoms with Gasteiger partial charge in [0.15, 0.2) is 0 Å². The molecule has 30 heavy (non-hydrogen) atoms. The van der Waals surface area contributed by atoms with Gasteiger partial charge in [-0.05, 0) is 24.3 Å². The van der Waals surface area contributed by atoms with Gasteiger partial charge in [0.2, 0.25) is 0 Å². The molecule has 5 amide bonds. The number of alkyl halides is 3. The Labute approximate surface area is 164 Å². The van der Waals surface area contributed by atoms with Crippen molar-refractivity contribution in [1.82, 2.24) is 4.90 Å². The molecule has 156 valence electrons. The summed E-state index contributed by atoms with van der Waals surface area (Å²) in [4.78, 5) is 49.0. The van der Waals surface area contributed by atoms with Crippen LogP contribution in [0.5, 0.6) is 5.75 Å². The number of imide groups is 4. The number of halogens is 5. The number of amides is 5. The first-order valence-corrected chi connectivity index (χ1v) is 7.94. The largest absolute Gasteiger partial charge is 0.497 e. The van der Waals surface area contributed by atoms with E-state index in [1.807, 2.05) is 0 Å². The SMILES string of the molecule is COc1cc(N2C(=O)C(=O)N(C(=O)c3c(F)cccc3F)C2=O)cc(C(F)(F)F)c1. The van der Waals surface area contributed by atoms with Gasteiger partial charge < -0.3 is 4.74 Å². The van der Waals surface area contributed by atoms with E-state index < -0.39 is 64.1 Å². The van der Waals surface area contributed by atoms with Gasteiger partial charge in [-0.25, -0.2) is 18.5 Å². The number of carbonyl (C=O) groups excluding carboxylic acids is 4. The van der Waals surface area contributed by atoms with Crippen LogP contribution in [0.1, 0.15) is 15.9 Å². The Morgan fingerprint density at radius 1 is 0.967 bits per heavy atom. The highest BCUT2D eigenvalue weighted by Gasteiger charge is 2.50. The van der Waals surface area contributed by atoms with Crippen molar-refractivity contribution < 1.29 is 45.9 Å². The van der Waals surface area contributed by atoms with Crippen LogP contribution in [0, 0.1) is 11.6 Å². The number of rotatable bonds is 3. The molecule has 0 bridgehead atoms. The molecule has 0 aliphatic carbocycles. The average Bonchev–Trinajstić information content (AvgIpc) is 2.89. The Kier molecular flexibility index (Phi) is 5.02. The summed E-state index contributed by atoms with van der Waals surface area (Å²) >= 11 is 0. The van der Waals surface area contributed by atoms with Gasteiger partial charge >= 0.3 is 24.0 Å². The van der Waals surface area contributed by atoms with Gasteiger partial charge in [0.25, 0.3) is 5.91 Å². The van der Waals surface area contributed by atoms with E-state index in [0.717, 1.165) is 19.2 Å². The second-order valence-electron chi connectivity index (χ2n) is 5.88. The average molecular weight is 428 g/mol. The number of carbonyl (C=O) groups is 4. The van der Waals surface area contributed by atoms with Gasteiger partial charge in [-0.2, -0.15) is 18.1 Å². The Balaban J connectivity index is 2.08. The minimum atomic E-state index is -4.90. The van der Waals surface area contributed by atoms with Gasteiger partial charge in [0.1, 0.15) is 22.9 Å². The van der Waals surface area contributed by atoms with Crippen molar-refractivity contribution in [2.75, 3.05) is 12.0 Å². The Morgan fingerprint density at radius 3 is 2.10 bits per heavy atom. The van der Waals surface area contributed by atoms with Crippen LogP contribution >= 0.6 is 0 Å². The van der Waals surface area contributed by atoms with Crippen LogP contribution in [0.3, 0.4) is 0 Å². The zero-order valence-corrected chi connectivity index (χ0v) is 14.8. The quantitative estimate of drug-likeness (QED) is 0.325. The molecule has 0 spiro atoms. The lowest BCUT2D eigenvalue weighted by atomic mass is 10.1. The van der Waals surface area contributed by atoms with Crippen LogP contribution in [0.25, 0.3) is 0 Å². The van der Waals surface area contributed by atoms with Crippen LogP contribution in [0.4, 0.5) is 32.4 Å². The number of hydrogen-bond donors (Lipinski definition) is 0. The fourth-order valence-corrected chi connectivity index (χ4v) is 2.68. The maximum absolute atomic E-state index is 13.9. The predicted molar refractivity (Wildman–Crippen MR) is 88.4 cm³/mol. The van der Waals surface area contributed by atoms with Crippen LogP contribution in [0.2, 0.25) is 0 Å². The van der Waals surface area contributed by atoms with Gasteiger partial charge in [0.05, 0.1) is 18.4 Å². The molecule has 0 unspecified atom stereocenters. The summed E-state index contributed by atoms with van der Waals surface area (Å²) in [6.07, 6.45) is -4.90. The third-order valence-corrected chi connectivity index (χ3v) is 4.06. The maximum atomic E-state index is 13.9. The van der Waals surface area contributed by atoms with E-state index in [0.29, 0.717) is 24.3 Å². The van der Waals surface area contributed by atoms with Crippen LogP contribution in [0.15, 0.2) is 36.4 Å². The number of nitrogens with zero attached hydrogens (tertiary/aromatic N) is 2. The molecule has 12 heteroatoms. The molecule has 1 fully saturated rings. The van der Waals surface area contributed by atoms with E-state index in [-0.39, 0.29) is 9.80 Å². The van der Waals surface area contributed by atoms with Crippen molar-refractivity contribution in [2.24, 2.45) is 0 Å². The number of urea groups is 1. The molecule has 0 N–H and O–H groups in total. The van der Waals surface area contributed by atoms with E-state index in [9.17, 15) is 41.1 Å². The van der Waals surface area contributed by atoms with Gasteiger partial charge in [0, 0.05) is 6.07 Å². The summed E-state index contributed by atoms with van der Waals surface area (Å²) in [6.45, 7) is 0. The summed E-state index contributed by atoms with van der Waals surface area (Å²) < 4.78 is 71.7. The number of hydrogen-bond acceptors (Lipinski definition) is 5. The fraction of sp³-hybridized carbons (Fsp3) is 0.111. The summed E-state index contributed by atoms with van der Waals surface area (Å²) in [6, 6.07) is 2.38. The minimum absolute atomic E-state index is 0.0171. The molecule has 0 aromatic heterocycles. The number of ether oxygens (including phenoxy) is 1. The van der Waals surface area contributed by atoms with E-state index in [4.69, 9.17) is 4.74 Å². The molecule has 0 atom stereocenters. The van der Waals surface area contributed by atoms with Gasteiger partial charge in [-0.1, -0.05) is 6.07 Å². The first-order chi connectivity index (χ1) is 14.0. The van der Waals surface area contributed by atoms with Gasteiger partial charge in [-0.3, -0.25) is 14.4 Å². The monoisotopic (exact) mass is 428 g/mol. The summed E-state index contributed by atoms with van der Waals surface area (Å²) in [5.41, 5.74) is -3.32. The van der Waals surface area contributed by atoms with E-state index in [2.05, 4.69) is 0 Å². The van der Waals surface area contributed by atoms with Crippen LogP contribution < -0.4 is 9.64 Å². The van der Waals surface area contributed by atoms with Gasteiger partial charge in [-0.15, -0.1) is 0 Å². The van der Waals surface area contributed by atoms with Crippen molar-refractivity contribution in [3.63, 3.8) is 0 Å². The standard InChI is InChI=1S/C18H9F5N2O5/c1-30-10-6-8(18(21,22)23)5-9(7-10)24-15(27)16(28)25(17(24)29)14(26)13-11(19)3-2-4-12(13)20/h2-7H,1H3. The molecule has 0 saturated carbocycles. The first kappa shape index (κ1) is 20.9. The van der Waals surface area contributed by atoms with Crippen molar-refractivity contribution in [2.45, 2.75) is 6.18 Å². The summed E-state index contributed by atoms with van der Waals surface area (Å²) in [7, 11) is 1.02. The zero-order chi connectivity index (χ0) is 22.4. The molecule has 2 aromatic rings. The topological polar surface area (TPSA) is 84.0 Å². The second-order valence-corrected chi connectivity index (χ2v) is 5.88. The van der Waals surface area contributed by atoms with E-state index >= 15 is 0 Å². The van der Waals surface area contributed by atoms with E-state index in [1.165, 1.54) is 0 Å². The molecular weight excluding hydrogens is 419 g/mol. The lowest BCUT2D eigenvalue weighted by Gasteiger charge is -2.17. The number of benzene rings is 2. The minimum Gasteiger partial charge on any atom is -0.497 e. The van der Waals surface area contributed by atoms with Crippen LogP contribution in [-0.4, -0.2) is 35.8 Å². The van der Waals surface area contributed by atoms with Crippen molar-refractivity contribution in [3.8, 4) is 5.75 Å². The first-order valence-electron chi connectivity index (χ1n) is 7.94. The molecule has 7 nitrogen and oxygen atoms in total. The van der Waals surface area contributed by atoms with Crippen molar-refractivity contribution in [3.05, 3.63) is 59.2 Å². The van der Waals surface area contributed by atoms with E-state index in [1.54, 1.807) is 0 Å². The summed E-state index contributed by atoms with van der Waals surface area (Å²) in [5.74, 6) is -8.48. The predicted octanol–water partition coefficient (Wildman–Crippen LogP) is 3.13. The zero-order valence-electron chi connectivity index (χ0n) is 14.8.